The average Bonchev–Trinajstić information content (AvgIpc) is 3.04. The molecule has 0 saturated carbocycles. The lowest BCUT2D eigenvalue weighted by Gasteiger charge is -2.22. The number of likely N-dealkylation sites (N-methyl/N-ethyl adjacent to an activating group) is 1. The van der Waals surface area contributed by atoms with E-state index in [2.05, 4.69) is 7.05 Å². The molecule has 0 radical (unpaired) electrons. The molecule has 1 saturated heterocycles. The number of nitrogens with one attached hydrogen (secondary N) is 1. The number of ketones is 1. The minimum atomic E-state index is 0.0775. The molecular weight excluding hydrogens is 278 g/mol. The van der Waals surface area contributed by atoms with Crippen LogP contribution in [-0.2, 0) is 4.79 Å². The van der Waals surface area contributed by atoms with Gasteiger partial charge in [0.1, 0.15) is 36.1 Å². The predicted molar refractivity (Wildman–Crippen MR) is 84.5 cm³/mol. The molecule has 2 aromatic heterocycles. The molecule has 1 aliphatic rings. The standard InChI is InChI=1S/C18H19NO3/c1-12-4-6-16(21-12)8-14-10-19(3)11-15(18(14)20)9-17-7-5-13(2)22-17/h4-9H,10-11H2,1-3H3/p+1. The zero-order valence-corrected chi connectivity index (χ0v) is 13.1. The van der Waals surface area contributed by atoms with Crippen molar-refractivity contribution in [1.82, 2.24) is 0 Å². The third-order valence-corrected chi connectivity index (χ3v) is 3.72. The molecule has 2 aromatic rings. The van der Waals surface area contributed by atoms with E-state index >= 15 is 0 Å². The molecule has 114 valence electrons. The molecular formula is C18H20NO3+. The van der Waals surface area contributed by atoms with E-state index in [1.165, 1.54) is 4.90 Å². The van der Waals surface area contributed by atoms with Gasteiger partial charge >= 0.3 is 0 Å². The minimum Gasteiger partial charge on any atom is -0.462 e. The Hall–Kier alpha value is -2.33. The highest BCUT2D eigenvalue weighted by Crippen LogP contribution is 2.18. The zero-order chi connectivity index (χ0) is 15.7. The number of furan rings is 2. The summed E-state index contributed by atoms with van der Waals surface area (Å²) in [6, 6.07) is 7.58. The van der Waals surface area contributed by atoms with Crippen molar-refractivity contribution in [2.45, 2.75) is 13.8 Å². The van der Waals surface area contributed by atoms with Crippen LogP contribution in [0.4, 0.5) is 0 Å². The Kier molecular flexibility index (Phi) is 3.86. The Morgan fingerprint density at radius 1 is 0.909 bits per heavy atom. The summed E-state index contributed by atoms with van der Waals surface area (Å²) < 4.78 is 11.1. The summed E-state index contributed by atoms with van der Waals surface area (Å²) in [5, 5.41) is 0. The van der Waals surface area contributed by atoms with Gasteiger partial charge in [0.2, 0.25) is 0 Å². The molecule has 0 aromatic carbocycles. The zero-order valence-electron chi connectivity index (χ0n) is 13.1. The lowest BCUT2D eigenvalue weighted by atomic mass is 9.96. The quantitative estimate of drug-likeness (QED) is 0.863. The van der Waals surface area contributed by atoms with Crippen molar-refractivity contribution in [1.29, 1.82) is 0 Å². The van der Waals surface area contributed by atoms with Crippen molar-refractivity contribution in [3.05, 3.63) is 58.5 Å². The number of Topliss-reactive ketones (excluding diaryl/α,β-unsaturated/α-hetero) is 1. The van der Waals surface area contributed by atoms with Crippen molar-refractivity contribution >= 4 is 17.9 Å². The first-order chi connectivity index (χ1) is 10.5. The molecule has 1 fully saturated rings. The van der Waals surface area contributed by atoms with Crippen molar-refractivity contribution in [2.24, 2.45) is 0 Å². The molecule has 4 heteroatoms. The van der Waals surface area contributed by atoms with E-state index in [1.54, 1.807) is 0 Å². The SMILES string of the molecule is Cc1ccc(C=C2C[NH+](C)CC(=Cc3ccc(C)o3)C2=O)o1. The molecule has 0 spiro atoms. The lowest BCUT2D eigenvalue weighted by Crippen LogP contribution is -3.10. The van der Waals surface area contributed by atoms with Crippen LogP contribution in [0.25, 0.3) is 12.2 Å². The summed E-state index contributed by atoms with van der Waals surface area (Å²) in [7, 11) is 2.08. The molecule has 4 nitrogen and oxygen atoms in total. The van der Waals surface area contributed by atoms with Gasteiger partial charge in [-0.15, -0.1) is 0 Å². The molecule has 22 heavy (non-hydrogen) atoms. The topological polar surface area (TPSA) is 47.8 Å². The number of rotatable bonds is 2. The number of hydrogen-bond acceptors (Lipinski definition) is 3. The smallest absolute Gasteiger partial charge is 0.196 e. The van der Waals surface area contributed by atoms with Gasteiger partial charge in [0.15, 0.2) is 5.78 Å². The Morgan fingerprint density at radius 3 is 1.73 bits per heavy atom. The first-order valence-corrected chi connectivity index (χ1v) is 7.41. The molecule has 0 unspecified atom stereocenters. The van der Waals surface area contributed by atoms with Crippen molar-refractivity contribution in [3.63, 3.8) is 0 Å². The van der Waals surface area contributed by atoms with Crippen LogP contribution in [0.3, 0.4) is 0 Å². The number of carbonyl (C=O) groups is 1. The highest BCUT2D eigenvalue weighted by atomic mass is 16.3. The second-order valence-electron chi connectivity index (χ2n) is 5.88. The van der Waals surface area contributed by atoms with Crippen LogP contribution in [0, 0.1) is 13.8 Å². The molecule has 1 aliphatic heterocycles. The average molecular weight is 298 g/mol. The summed E-state index contributed by atoms with van der Waals surface area (Å²) in [5.41, 5.74) is 1.54. The van der Waals surface area contributed by atoms with Gasteiger partial charge in [0, 0.05) is 0 Å². The van der Waals surface area contributed by atoms with Crippen LogP contribution >= 0.6 is 0 Å². The number of likely N-dealkylation sites (tertiary alicyclic amines) is 1. The van der Waals surface area contributed by atoms with Gasteiger partial charge in [-0.2, -0.15) is 0 Å². The second kappa shape index (κ2) is 5.81. The fraction of sp³-hybridized carbons (Fsp3) is 0.278. The van der Waals surface area contributed by atoms with Crippen LogP contribution in [0.1, 0.15) is 23.0 Å². The highest BCUT2D eigenvalue weighted by molar-refractivity contribution is 6.13. The van der Waals surface area contributed by atoms with Crippen LogP contribution in [0.5, 0.6) is 0 Å². The fourth-order valence-corrected chi connectivity index (χ4v) is 2.72. The normalized spacial score (nSPS) is 22.7. The van der Waals surface area contributed by atoms with Gasteiger partial charge in [-0.25, -0.2) is 0 Å². The Morgan fingerprint density at radius 2 is 1.36 bits per heavy atom. The van der Waals surface area contributed by atoms with Crippen molar-refractivity contribution in [3.8, 4) is 0 Å². The largest absolute Gasteiger partial charge is 0.462 e. The predicted octanol–water partition coefficient (Wildman–Crippen LogP) is 2.05. The molecule has 0 aliphatic carbocycles. The van der Waals surface area contributed by atoms with E-state index in [9.17, 15) is 4.79 Å². The maximum atomic E-state index is 12.7. The number of hydrogen-bond donors (Lipinski definition) is 1. The Bertz CT molecular complexity index is 699. The minimum absolute atomic E-state index is 0.0775. The highest BCUT2D eigenvalue weighted by Gasteiger charge is 2.27. The number of piperidine rings is 1. The fourth-order valence-electron chi connectivity index (χ4n) is 2.72. The van der Waals surface area contributed by atoms with Gasteiger partial charge in [-0.3, -0.25) is 4.79 Å². The number of quaternary nitrogens is 1. The van der Waals surface area contributed by atoms with Crippen molar-refractivity contribution in [2.75, 3.05) is 20.1 Å². The van der Waals surface area contributed by atoms with Crippen LogP contribution in [0.15, 0.2) is 44.2 Å². The lowest BCUT2D eigenvalue weighted by molar-refractivity contribution is -0.870. The molecule has 0 atom stereocenters. The van der Waals surface area contributed by atoms with Crippen LogP contribution in [-0.4, -0.2) is 25.9 Å². The van der Waals surface area contributed by atoms with Gasteiger partial charge in [-0.05, 0) is 50.3 Å². The maximum Gasteiger partial charge on any atom is 0.196 e. The Labute approximate surface area is 129 Å². The first-order valence-electron chi connectivity index (χ1n) is 7.41. The Balaban J connectivity index is 1.91. The van der Waals surface area contributed by atoms with E-state index in [4.69, 9.17) is 8.83 Å². The van der Waals surface area contributed by atoms with E-state index < -0.39 is 0 Å². The van der Waals surface area contributed by atoms with E-state index in [0.29, 0.717) is 13.1 Å². The monoisotopic (exact) mass is 298 g/mol. The van der Waals surface area contributed by atoms with Gasteiger partial charge < -0.3 is 13.7 Å². The summed E-state index contributed by atoms with van der Waals surface area (Å²) in [5.74, 6) is 3.22. The molecule has 3 rings (SSSR count). The van der Waals surface area contributed by atoms with E-state index in [0.717, 1.165) is 34.2 Å². The van der Waals surface area contributed by atoms with Gasteiger partial charge in [-0.1, -0.05) is 0 Å². The third kappa shape index (κ3) is 3.12. The molecule has 0 amide bonds. The van der Waals surface area contributed by atoms with Gasteiger partial charge in [0.25, 0.3) is 0 Å². The van der Waals surface area contributed by atoms with Crippen LogP contribution < -0.4 is 4.90 Å². The molecule has 0 bridgehead atoms. The van der Waals surface area contributed by atoms with E-state index in [-0.39, 0.29) is 5.78 Å². The molecule has 3 heterocycles. The summed E-state index contributed by atoms with van der Waals surface area (Å²) >= 11 is 0. The van der Waals surface area contributed by atoms with Crippen LogP contribution in [0.2, 0.25) is 0 Å². The second-order valence-corrected chi connectivity index (χ2v) is 5.88. The summed E-state index contributed by atoms with van der Waals surface area (Å²) in [4.78, 5) is 13.9. The third-order valence-electron chi connectivity index (χ3n) is 3.72. The first kappa shape index (κ1) is 14.6. The van der Waals surface area contributed by atoms with E-state index in [1.807, 2.05) is 50.3 Å². The maximum absolute atomic E-state index is 12.7. The number of carbonyl (C=O) groups excluding carboxylic acids is 1. The number of aryl methyl sites for hydroxylation is 2. The molecule has 1 N–H and O–H groups in total. The summed E-state index contributed by atoms with van der Waals surface area (Å²) in [6.07, 6.45) is 3.69. The van der Waals surface area contributed by atoms with Crippen molar-refractivity contribution < 1.29 is 18.5 Å². The summed E-state index contributed by atoms with van der Waals surface area (Å²) in [6.45, 7) is 5.19. The van der Waals surface area contributed by atoms with Gasteiger partial charge in [0.05, 0.1) is 18.2 Å².